The first-order chi connectivity index (χ1) is 14.8. The van der Waals surface area contributed by atoms with Gasteiger partial charge in [0, 0.05) is 27.9 Å². The van der Waals surface area contributed by atoms with Crippen LogP contribution in [0.3, 0.4) is 0 Å². The van der Waals surface area contributed by atoms with Crippen molar-refractivity contribution >= 4 is 39.1 Å². The Morgan fingerprint density at radius 2 is 1.81 bits per heavy atom. The summed E-state index contributed by atoms with van der Waals surface area (Å²) in [5, 5.41) is 4.36. The van der Waals surface area contributed by atoms with Gasteiger partial charge in [0.1, 0.15) is 10.8 Å². The summed E-state index contributed by atoms with van der Waals surface area (Å²) in [4.78, 5) is 28.9. The number of hydrogen-bond acceptors (Lipinski definition) is 3. The number of amides is 2. The molecule has 5 nitrogen and oxygen atoms in total. The van der Waals surface area contributed by atoms with E-state index in [1.807, 2.05) is 38.1 Å². The lowest BCUT2D eigenvalue weighted by molar-refractivity contribution is -0.116. The van der Waals surface area contributed by atoms with Crippen molar-refractivity contribution in [3.63, 3.8) is 0 Å². The van der Waals surface area contributed by atoms with Gasteiger partial charge in [0.2, 0.25) is 5.91 Å². The smallest absolute Gasteiger partial charge is 0.251 e. The van der Waals surface area contributed by atoms with E-state index in [2.05, 4.69) is 10.3 Å². The number of fused-ring (bicyclic) bond motifs is 1. The van der Waals surface area contributed by atoms with Crippen LogP contribution in [0.2, 0.25) is 0 Å². The molecule has 0 unspecified atom stereocenters. The zero-order chi connectivity index (χ0) is 22.1. The van der Waals surface area contributed by atoms with Crippen LogP contribution in [0.1, 0.15) is 32.8 Å². The summed E-state index contributed by atoms with van der Waals surface area (Å²) in [6.07, 6.45) is 0.710. The van der Waals surface area contributed by atoms with Gasteiger partial charge in [-0.2, -0.15) is 0 Å². The van der Waals surface area contributed by atoms with Gasteiger partial charge in [0.05, 0.1) is 5.56 Å². The maximum absolute atomic E-state index is 13.4. The van der Waals surface area contributed by atoms with Crippen molar-refractivity contribution in [3.05, 3.63) is 75.9 Å². The van der Waals surface area contributed by atoms with E-state index in [4.69, 9.17) is 5.73 Å². The quantitative estimate of drug-likeness (QED) is 0.383. The highest BCUT2D eigenvalue weighted by Crippen LogP contribution is 2.33. The molecule has 7 heteroatoms. The normalized spacial score (nSPS) is 11.1. The van der Waals surface area contributed by atoms with Crippen molar-refractivity contribution in [1.82, 2.24) is 4.98 Å². The van der Waals surface area contributed by atoms with Crippen molar-refractivity contribution in [2.45, 2.75) is 26.7 Å². The van der Waals surface area contributed by atoms with Crippen LogP contribution in [0.15, 0.2) is 48.5 Å². The molecule has 0 atom stereocenters. The molecule has 0 saturated carbocycles. The van der Waals surface area contributed by atoms with Gasteiger partial charge in [-0.05, 0) is 67.3 Å². The summed E-state index contributed by atoms with van der Waals surface area (Å²) in [5.41, 5.74) is 10.3. The molecule has 2 aromatic heterocycles. The van der Waals surface area contributed by atoms with Crippen LogP contribution < -0.4 is 11.1 Å². The monoisotopic (exact) mass is 435 g/mol. The summed E-state index contributed by atoms with van der Waals surface area (Å²) < 4.78 is 13.4. The van der Waals surface area contributed by atoms with Gasteiger partial charge in [-0.25, -0.2) is 4.39 Å². The third-order valence-corrected chi connectivity index (χ3v) is 6.56. The summed E-state index contributed by atoms with van der Waals surface area (Å²) >= 11 is 1.35. The minimum atomic E-state index is -0.549. The van der Waals surface area contributed by atoms with Crippen LogP contribution in [0.4, 0.5) is 9.39 Å². The lowest BCUT2D eigenvalue weighted by Gasteiger charge is -2.07. The van der Waals surface area contributed by atoms with Gasteiger partial charge in [0.25, 0.3) is 5.91 Å². The number of benzene rings is 2. The molecule has 0 radical (unpaired) electrons. The van der Waals surface area contributed by atoms with Gasteiger partial charge in [-0.1, -0.05) is 18.2 Å². The first-order valence-corrected chi connectivity index (χ1v) is 10.7. The van der Waals surface area contributed by atoms with Gasteiger partial charge in [-0.15, -0.1) is 11.3 Å². The van der Waals surface area contributed by atoms with E-state index < -0.39 is 5.91 Å². The highest BCUT2D eigenvalue weighted by Gasteiger charge is 2.20. The first kappa shape index (κ1) is 20.8. The van der Waals surface area contributed by atoms with E-state index >= 15 is 0 Å². The summed E-state index contributed by atoms with van der Waals surface area (Å²) in [6.45, 7) is 3.71. The Bertz CT molecular complexity index is 1290. The number of carbonyl (C=O) groups is 2. The zero-order valence-electron chi connectivity index (χ0n) is 17.2. The molecule has 2 amide bonds. The maximum Gasteiger partial charge on any atom is 0.251 e. The fourth-order valence-electron chi connectivity index (χ4n) is 3.76. The van der Waals surface area contributed by atoms with Crippen molar-refractivity contribution < 1.29 is 14.0 Å². The molecule has 4 rings (SSSR count). The Morgan fingerprint density at radius 3 is 2.52 bits per heavy atom. The largest absolute Gasteiger partial charge is 0.365 e. The Balaban J connectivity index is 1.60. The number of aromatic amines is 1. The van der Waals surface area contributed by atoms with Crippen LogP contribution >= 0.6 is 11.3 Å². The number of H-pyrrole nitrogens is 1. The fourth-order valence-corrected chi connectivity index (χ4v) is 4.84. The Labute approximate surface area is 183 Å². The summed E-state index contributed by atoms with van der Waals surface area (Å²) in [5.74, 6) is -1.04. The topological polar surface area (TPSA) is 88.0 Å². The van der Waals surface area contributed by atoms with E-state index in [-0.39, 0.29) is 18.1 Å². The lowest BCUT2D eigenvalue weighted by atomic mass is 10.0. The number of anilines is 1. The van der Waals surface area contributed by atoms with E-state index in [9.17, 15) is 14.0 Å². The number of rotatable bonds is 6. The van der Waals surface area contributed by atoms with Crippen molar-refractivity contribution in [1.29, 1.82) is 0 Å². The number of hydrogen-bond donors (Lipinski definition) is 3. The molecule has 2 aromatic carbocycles. The molecular formula is C24H22FN3O2S. The molecule has 0 aliphatic rings. The molecule has 0 saturated heterocycles. The number of nitrogens with one attached hydrogen (secondary N) is 2. The molecule has 4 N–H and O–H groups in total. The number of primary amides is 1. The molecule has 158 valence electrons. The minimum Gasteiger partial charge on any atom is -0.365 e. The molecular weight excluding hydrogens is 413 g/mol. The molecule has 2 heterocycles. The van der Waals surface area contributed by atoms with Crippen LogP contribution in [0.25, 0.3) is 22.2 Å². The molecule has 0 aliphatic carbocycles. The second kappa shape index (κ2) is 8.35. The SMILES string of the molecule is Cc1sc(NC(=O)CCc2c(-c3ccc(F)cc3)[nH]c3ccccc23)c(C(N)=O)c1C. The first-order valence-electron chi connectivity index (χ1n) is 9.90. The average Bonchev–Trinajstić information content (AvgIpc) is 3.24. The number of carbonyl (C=O) groups excluding carboxylic acids is 2. The Kier molecular flexibility index (Phi) is 5.61. The predicted molar refractivity (Wildman–Crippen MR) is 123 cm³/mol. The van der Waals surface area contributed by atoms with Gasteiger partial charge >= 0.3 is 0 Å². The predicted octanol–water partition coefficient (Wildman–Crippen LogP) is 5.32. The molecule has 4 aromatic rings. The van der Waals surface area contributed by atoms with Crippen LogP contribution in [0, 0.1) is 19.7 Å². The lowest BCUT2D eigenvalue weighted by Crippen LogP contribution is -2.17. The molecule has 0 aliphatic heterocycles. The molecule has 31 heavy (non-hydrogen) atoms. The highest BCUT2D eigenvalue weighted by molar-refractivity contribution is 7.16. The molecule has 0 fully saturated rings. The zero-order valence-corrected chi connectivity index (χ0v) is 18.0. The number of para-hydroxylation sites is 1. The van der Waals surface area contributed by atoms with Gasteiger partial charge in [0.15, 0.2) is 0 Å². The van der Waals surface area contributed by atoms with Crippen LogP contribution in [-0.2, 0) is 11.2 Å². The Morgan fingerprint density at radius 1 is 1.10 bits per heavy atom. The third-order valence-electron chi connectivity index (χ3n) is 5.43. The second-order valence-electron chi connectivity index (χ2n) is 7.43. The number of thiophene rings is 1. The number of aryl methyl sites for hydroxylation is 2. The van der Waals surface area contributed by atoms with E-state index in [0.29, 0.717) is 17.0 Å². The summed E-state index contributed by atoms with van der Waals surface area (Å²) in [6, 6.07) is 14.2. The maximum atomic E-state index is 13.4. The highest BCUT2D eigenvalue weighted by atomic mass is 32.1. The number of halogens is 1. The van der Waals surface area contributed by atoms with Crippen LogP contribution in [-0.4, -0.2) is 16.8 Å². The van der Waals surface area contributed by atoms with Crippen LogP contribution in [0.5, 0.6) is 0 Å². The number of nitrogens with two attached hydrogens (primary N) is 1. The number of aromatic nitrogens is 1. The Hall–Kier alpha value is -3.45. The third kappa shape index (κ3) is 4.09. The standard InChI is InChI=1S/C24H22FN3O2S/c1-13-14(2)31-24(21(13)23(26)30)28-20(29)12-11-18-17-5-3-4-6-19(17)27-22(18)15-7-9-16(25)10-8-15/h3-10,27H,11-12H2,1-2H3,(H2,26,30)(H,28,29). The van der Waals surface area contributed by atoms with Crippen molar-refractivity contribution in [3.8, 4) is 11.3 Å². The minimum absolute atomic E-state index is 0.195. The van der Waals surface area contributed by atoms with Crippen molar-refractivity contribution in [2.75, 3.05) is 5.32 Å². The average molecular weight is 436 g/mol. The fraction of sp³-hybridized carbons (Fsp3) is 0.167. The molecule has 0 bridgehead atoms. The van der Waals surface area contributed by atoms with Gasteiger partial charge in [-0.3, -0.25) is 9.59 Å². The van der Waals surface area contributed by atoms with E-state index in [1.54, 1.807) is 12.1 Å². The summed E-state index contributed by atoms with van der Waals surface area (Å²) in [7, 11) is 0. The van der Waals surface area contributed by atoms with Crippen molar-refractivity contribution in [2.24, 2.45) is 5.73 Å². The van der Waals surface area contributed by atoms with Gasteiger partial charge < -0.3 is 16.0 Å². The van der Waals surface area contributed by atoms with E-state index in [1.165, 1.54) is 23.5 Å². The second-order valence-corrected chi connectivity index (χ2v) is 8.66. The molecule has 0 spiro atoms. The van der Waals surface area contributed by atoms with E-state index in [0.717, 1.165) is 38.2 Å².